The van der Waals surface area contributed by atoms with E-state index in [4.69, 9.17) is 0 Å². The monoisotopic (exact) mass is 203 g/mol. The van der Waals surface area contributed by atoms with Gasteiger partial charge in [-0.15, -0.1) is 0 Å². The van der Waals surface area contributed by atoms with Crippen molar-refractivity contribution >= 4 is 5.69 Å². The molecule has 0 saturated heterocycles. The Morgan fingerprint density at radius 2 is 1.87 bits per heavy atom. The summed E-state index contributed by atoms with van der Waals surface area (Å²) in [4.78, 5) is 2.56. The molecule has 0 aliphatic carbocycles. The molecule has 1 aliphatic heterocycles. The molecule has 0 amide bonds. The Kier molecular flexibility index (Phi) is 2.49. The van der Waals surface area contributed by atoms with E-state index in [1.54, 1.807) is 0 Å². The lowest BCUT2D eigenvalue weighted by Crippen LogP contribution is -2.51. The van der Waals surface area contributed by atoms with Crippen LogP contribution in [0.4, 0.5) is 5.69 Å². The number of hydrogen-bond donors (Lipinski definition) is 0. The molecular formula is C14H21N. The lowest BCUT2D eigenvalue weighted by Gasteiger charge is -2.47. The van der Waals surface area contributed by atoms with E-state index in [0.29, 0.717) is 11.6 Å². The molecular weight excluding hydrogens is 182 g/mol. The fourth-order valence-corrected chi connectivity index (χ4v) is 2.82. The van der Waals surface area contributed by atoms with Gasteiger partial charge in [-0.3, -0.25) is 0 Å². The first-order valence-electron chi connectivity index (χ1n) is 5.89. The molecule has 82 valence electrons. The van der Waals surface area contributed by atoms with Crippen LogP contribution >= 0.6 is 0 Å². The third-order valence-electron chi connectivity index (χ3n) is 3.43. The Balaban J connectivity index is 2.48. The quantitative estimate of drug-likeness (QED) is 0.673. The number of para-hydroxylation sites is 1. The number of hydrogen-bond acceptors (Lipinski definition) is 1. The maximum Gasteiger partial charge on any atom is 0.0405 e. The summed E-state index contributed by atoms with van der Waals surface area (Å²) < 4.78 is 0. The lowest BCUT2D eigenvalue weighted by molar-refractivity contribution is 0.384. The molecule has 15 heavy (non-hydrogen) atoms. The van der Waals surface area contributed by atoms with Crippen LogP contribution in [0.1, 0.15) is 39.7 Å². The number of anilines is 1. The molecule has 0 N–H and O–H groups in total. The van der Waals surface area contributed by atoms with Crippen LogP contribution in [0.25, 0.3) is 0 Å². The smallest absolute Gasteiger partial charge is 0.0405 e. The van der Waals surface area contributed by atoms with Crippen LogP contribution in [0.3, 0.4) is 0 Å². The Morgan fingerprint density at radius 1 is 1.20 bits per heavy atom. The van der Waals surface area contributed by atoms with E-state index < -0.39 is 0 Å². The fourth-order valence-electron chi connectivity index (χ4n) is 2.82. The van der Waals surface area contributed by atoms with Gasteiger partial charge in [0.1, 0.15) is 0 Å². The SMILES string of the molecule is CC(C)N1c2ccccc2CCC1(C)C. The summed E-state index contributed by atoms with van der Waals surface area (Å²) in [5.41, 5.74) is 3.23. The minimum atomic E-state index is 0.294. The van der Waals surface area contributed by atoms with Gasteiger partial charge < -0.3 is 4.90 Å². The van der Waals surface area contributed by atoms with Gasteiger partial charge >= 0.3 is 0 Å². The Hall–Kier alpha value is -0.980. The van der Waals surface area contributed by atoms with E-state index in [2.05, 4.69) is 56.9 Å². The van der Waals surface area contributed by atoms with Crippen molar-refractivity contribution in [3.8, 4) is 0 Å². The van der Waals surface area contributed by atoms with E-state index >= 15 is 0 Å². The van der Waals surface area contributed by atoms with Crippen molar-refractivity contribution < 1.29 is 0 Å². The number of aryl methyl sites for hydroxylation is 1. The molecule has 1 heterocycles. The van der Waals surface area contributed by atoms with Gasteiger partial charge in [0, 0.05) is 17.3 Å². The highest BCUT2D eigenvalue weighted by Crippen LogP contribution is 2.37. The molecule has 0 aromatic heterocycles. The third-order valence-corrected chi connectivity index (χ3v) is 3.43. The molecule has 0 spiro atoms. The van der Waals surface area contributed by atoms with Gasteiger partial charge in [-0.05, 0) is 52.2 Å². The summed E-state index contributed by atoms with van der Waals surface area (Å²) >= 11 is 0. The van der Waals surface area contributed by atoms with Crippen molar-refractivity contribution in [1.82, 2.24) is 0 Å². The number of benzene rings is 1. The highest BCUT2D eigenvalue weighted by molar-refractivity contribution is 5.58. The molecule has 1 heteroatoms. The maximum absolute atomic E-state index is 2.56. The van der Waals surface area contributed by atoms with Crippen molar-refractivity contribution in [2.24, 2.45) is 0 Å². The number of rotatable bonds is 1. The van der Waals surface area contributed by atoms with Gasteiger partial charge in [-0.1, -0.05) is 18.2 Å². The summed E-state index contributed by atoms with van der Waals surface area (Å²) in [6.07, 6.45) is 2.47. The van der Waals surface area contributed by atoms with Crippen LogP contribution < -0.4 is 4.90 Å². The zero-order chi connectivity index (χ0) is 11.1. The average molecular weight is 203 g/mol. The summed E-state index contributed by atoms with van der Waals surface area (Å²) in [6, 6.07) is 9.39. The molecule has 0 atom stereocenters. The van der Waals surface area contributed by atoms with Crippen LogP contribution in [-0.4, -0.2) is 11.6 Å². The first-order valence-corrected chi connectivity index (χ1v) is 5.89. The molecule has 0 bridgehead atoms. The van der Waals surface area contributed by atoms with Crippen molar-refractivity contribution in [1.29, 1.82) is 0 Å². The van der Waals surface area contributed by atoms with Crippen molar-refractivity contribution in [3.05, 3.63) is 29.8 Å². The number of fused-ring (bicyclic) bond motifs is 1. The molecule has 0 unspecified atom stereocenters. The van der Waals surface area contributed by atoms with Crippen molar-refractivity contribution in [2.45, 2.75) is 52.1 Å². The number of nitrogens with zero attached hydrogens (tertiary/aromatic N) is 1. The zero-order valence-electron chi connectivity index (χ0n) is 10.2. The van der Waals surface area contributed by atoms with Gasteiger partial charge in [0.15, 0.2) is 0 Å². The van der Waals surface area contributed by atoms with E-state index in [0.717, 1.165) is 0 Å². The van der Waals surface area contributed by atoms with Crippen LogP contribution in [0.2, 0.25) is 0 Å². The highest BCUT2D eigenvalue weighted by atomic mass is 15.2. The molecule has 2 rings (SSSR count). The predicted molar refractivity (Wildman–Crippen MR) is 66.5 cm³/mol. The largest absolute Gasteiger partial charge is 0.364 e. The summed E-state index contributed by atoms with van der Waals surface area (Å²) in [5, 5.41) is 0. The maximum atomic E-state index is 2.56. The Labute approximate surface area is 93.1 Å². The first-order chi connectivity index (χ1) is 7.02. The predicted octanol–water partition coefficient (Wildman–Crippen LogP) is 3.63. The summed E-state index contributed by atoms with van der Waals surface area (Å²) in [6.45, 7) is 9.26. The van der Waals surface area contributed by atoms with Gasteiger partial charge in [0.05, 0.1) is 0 Å². The highest BCUT2D eigenvalue weighted by Gasteiger charge is 2.33. The van der Waals surface area contributed by atoms with Crippen LogP contribution in [-0.2, 0) is 6.42 Å². The summed E-state index contributed by atoms with van der Waals surface area (Å²) in [7, 11) is 0. The van der Waals surface area contributed by atoms with Crippen LogP contribution in [0.15, 0.2) is 24.3 Å². The van der Waals surface area contributed by atoms with E-state index in [-0.39, 0.29) is 0 Å². The molecule has 1 nitrogen and oxygen atoms in total. The molecule has 0 fully saturated rings. The summed E-state index contributed by atoms with van der Waals surface area (Å²) in [5.74, 6) is 0. The van der Waals surface area contributed by atoms with E-state index in [9.17, 15) is 0 Å². The average Bonchev–Trinajstić information content (AvgIpc) is 2.15. The normalized spacial score (nSPS) is 19.1. The third kappa shape index (κ3) is 1.75. The zero-order valence-corrected chi connectivity index (χ0v) is 10.2. The Morgan fingerprint density at radius 3 is 2.53 bits per heavy atom. The van der Waals surface area contributed by atoms with Gasteiger partial charge in [-0.25, -0.2) is 0 Å². The standard InChI is InChI=1S/C14H21N/c1-11(2)15-13-8-6-5-7-12(13)9-10-14(15,3)4/h5-8,11H,9-10H2,1-4H3. The first kappa shape index (κ1) is 10.5. The lowest BCUT2D eigenvalue weighted by atomic mass is 9.86. The molecule has 1 aliphatic rings. The van der Waals surface area contributed by atoms with Gasteiger partial charge in [0.2, 0.25) is 0 Å². The minimum absolute atomic E-state index is 0.294. The minimum Gasteiger partial charge on any atom is -0.364 e. The molecule has 1 aromatic carbocycles. The van der Waals surface area contributed by atoms with E-state index in [1.165, 1.54) is 24.1 Å². The van der Waals surface area contributed by atoms with Gasteiger partial charge in [-0.2, -0.15) is 0 Å². The molecule has 0 saturated carbocycles. The van der Waals surface area contributed by atoms with Crippen molar-refractivity contribution in [2.75, 3.05) is 4.90 Å². The van der Waals surface area contributed by atoms with Crippen LogP contribution in [0, 0.1) is 0 Å². The topological polar surface area (TPSA) is 3.24 Å². The Bertz CT molecular complexity index is 352. The van der Waals surface area contributed by atoms with E-state index in [1.807, 2.05) is 0 Å². The molecule has 0 radical (unpaired) electrons. The van der Waals surface area contributed by atoms with Gasteiger partial charge in [0.25, 0.3) is 0 Å². The second-order valence-corrected chi connectivity index (χ2v) is 5.40. The molecule has 1 aromatic rings. The second-order valence-electron chi connectivity index (χ2n) is 5.40. The second kappa shape index (κ2) is 3.55. The fraction of sp³-hybridized carbons (Fsp3) is 0.571. The van der Waals surface area contributed by atoms with Crippen molar-refractivity contribution in [3.63, 3.8) is 0 Å². The van der Waals surface area contributed by atoms with Crippen LogP contribution in [0.5, 0.6) is 0 Å².